The molecule has 2 aromatic carbocycles. The molecule has 0 atom stereocenters. The Kier molecular flexibility index (Phi) is 4.93. The van der Waals surface area contributed by atoms with Crippen molar-refractivity contribution in [2.45, 2.75) is 33.2 Å². The van der Waals surface area contributed by atoms with Crippen LogP contribution in [0.15, 0.2) is 42.5 Å². The number of para-hydroxylation sites is 1. The minimum Gasteiger partial charge on any atom is -0.381 e. The summed E-state index contributed by atoms with van der Waals surface area (Å²) in [5.41, 5.74) is 4.16. The Morgan fingerprint density at radius 2 is 1.95 bits per heavy atom. The number of nitro groups is 1. The van der Waals surface area contributed by atoms with Gasteiger partial charge in [0.05, 0.1) is 4.92 Å². The summed E-state index contributed by atoms with van der Waals surface area (Å²) in [6.45, 7) is 4.49. The minimum absolute atomic E-state index is 0.177. The molecule has 1 N–H and O–H groups in total. The van der Waals surface area contributed by atoms with Gasteiger partial charge in [-0.3, -0.25) is 10.1 Å². The first-order valence-electron chi connectivity index (χ1n) is 7.17. The first kappa shape index (κ1) is 15.0. The van der Waals surface area contributed by atoms with Crippen LogP contribution in [-0.2, 0) is 13.0 Å². The molecular weight excluding hydrogens is 264 g/mol. The zero-order valence-corrected chi connectivity index (χ0v) is 12.4. The van der Waals surface area contributed by atoms with Gasteiger partial charge >= 0.3 is 0 Å². The van der Waals surface area contributed by atoms with E-state index in [4.69, 9.17) is 0 Å². The van der Waals surface area contributed by atoms with Crippen molar-refractivity contribution in [3.05, 3.63) is 69.3 Å². The van der Waals surface area contributed by atoms with Gasteiger partial charge in [0.15, 0.2) is 0 Å². The van der Waals surface area contributed by atoms with Crippen LogP contribution in [0, 0.1) is 17.0 Å². The van der Waals surface area contributed by atoms with Gasteiger partial charge in [-0.15, -0.1) is 0 Å². The molecule has 0 bridgehead atoms. The van der Waals surface area contributed by atoms with Crippen molar-refractivity contribution < 1.29 is 4.92 Å². The topological polar surface area (TPSA) is 55.2 Å². The second-order valence-electron chi connectivity index (χ2n) is 5.14. The molecule has 0 saturated heterocycles. The predicted molar refractivity (Wildman–Crippen MR) is 85.6 cm³/mol. The third-order valence-electron chi connectivity index (χ3n) is 3.49. The Labute approximate surface area is 125 Å². The van der Waals surface area contributed by atoms with E-state index in [2.05, 4.69) is 18.3 Å². The molecule has 0 spiro atoms. The largest absolute Gasteiger partial charge is 0.381 e. The predicted octanol–water partition coefficient (Wildman–Crippen LogP) is 4.47. The van der Waals surface area contributed by atoms with Gasteiger partial charge in [0.1, 0.15) is 0 Å². The van der Waals surface area contributed by atoms with E-state index in [0.29, 0.717) is 12.1 Å². The molecule has 0 aliphatic heterocycles. The molecule has 2 rings (SSSR count). The van der Waals surface area contributed by atoms with Crippen molar-refractivity contribution in [3.8, 4) is 0 Å². The SMILES string of the molecule is CCCc1ccccc1NCc1ccc(C)c([N+](=O)[O-])c1. The Morgan fingerprint density at radius 1 is 1.19 bits per heavy atom. The average molecular weight is 284 g/mol. The van der Waals surface area contributed by atoms with Crippen molar-refractivity contribution in [2.75, 3.05) is 5.32 Å². The number of nitrogens with one attached hydrogen (secondary N) is 1. The van der Waals surface area contributed by atoms with Gasteiger partial charge in [-0.1, -0.05) is 43.7 Å². The van der Waals surface area contributed by atoms with E-state index < -0.39 is 0 Å². The van der Waals surface area contributed by atoms with Crippen molar-refractivity contribution >= 4 is 11.4 Å². The van der Waals surface area contributed by atoms with Crippen molar-refractivity contribution in [3.63, 3.8) is 0 Å². The number of hydrogen-bond donors (Lipinski definition) is 1. The van der Waals surface area contributed by atoms with Crippen LogP contribution in [0.3, 0.4) is 0 Å². The summed E-state index contributed by atoms with van der Waals surface area (Å²) >= 11 is 0. The average Bonchev–Trinajstić information content (AvgIpc) is 2.47. The lowest BCUT2D eigenvalue weighted by Crippen LogP contribution is -2.03. The highest BCUT2D eigenvalue weighted by molar-refractivity contribution is 5.52. The summed E-state index contributed by atoms with van der Waals surface area (Å²) in [7, 11) is 0. The van der Waals surface area contributed by atoms with E-state index in [0.717, 1.165) is 24.1 Å². The molecule has 4 heteroatoms. The molecule has 4 nitrogen and oxygen atoms in total. The maximum Gasteiger partial charge on any atom is 0.272 e. The second-order valence-corrected chi connectivity index (χ2v) is 5.14. The number of anilines is 1. The third kappa shape index (κ3) is 3.81. The number of nitrogens with zero attached hydrogens (tertiary/aromatic N) is 1. The molecule has 0 unspecified atom stereocenters. The maximum atomic E-state index is 11.0. The Morgan fingerprint density at radius 3 is 2.67 bits per heavy atom. The van der Waals surface area contributed by atoms with Gasteiger partial charge in [0.25, 0.3) is 5.69 Å². The lowest BCUT2D eigenvalue weighted by molar-refractivity contribution is -0.385. The maximum absolute atomic E-state index is 11.0. The highest BCUT2D eigenvalue weighted by Crippen LogP contribution is 2.21. The van der Waals surface area contributed by atoms with Crippen LogP contribution in [0.5, 0.6) is 0 Å². The Bertz CT molecular complexity index is 638. The summed E-state index contributed by atoms with van der Waals surface area (Å²) in [6.07, 6.45) is 2.12. The molecule has 2 aromatic rings. The van der Waals surface area contributed by atoms with Crippen LogP contribution < -0.4 is 5.32 Å². The second kappa shape index (κ2) is 6.88. The van der Waals surface area contributed by atoms with Crippen LogP contribution >= 0.6 is 0 Å². The summed E-state index contributed by atoms with van der Waals surface area (Å²) < 4.78 is 0. The zero-order chi connectivity index (χ0) is 15.2. The van der Waals surface area contributed by atoms with E-state index in [1.165, 1.54) is 5.56 Å². The number of hydrogen-bond acceptors (Lipinski definition) is 3. The summed E-state index contributed by atoms with van der Waals surface area (Å²) in [6, 6.07) is 13.6. The summed E-state index contributed by atoms with van der Waals surface area (Å²) in [5, 5.41) is 14.4. The molecule has 0 aliphatic rings. The fourth-order valence-corrected chi connectivity index (χ4v) is 2.34. The third-order valence-corrected chi connectivity index (χ3v) is 3.49. The smallest absolute Gasteiger partial charge is 0.272 e. The van der Waals surface area contributed by atoms with Gasteiger partial charge in [0, 0.05) is 23.9 Å². The molecule has 0 saturated carbocycles. The molecule has 0 fully saturated rings. The van der Waals surface area contributed by atoms with Gasteiger partial charge in [0.2, 0.25) is 0 Å². The lowest BCUT2D eigenvalue weighted by Gasteiger charge is -2.11. The molecular formula is C17H20N2O2. The van der Waals surface area contributed by atoms with Crippen molar-refractivity contribution in [2.24, 2.45) is 0 Å². The molecule has 0 radical (unpaired) electrons. The van der Waals surface area contributed by atoms with Crippen LogP contribution in [0.1, 0.15) is 30.0 Å². The van der Waals surface area contributed by atoms with E-state index in [1.807, 2.05) is 24.3 Å². The molecule has 0 aliphatic carbocycles. The molecule has 110 valence electrons. The highest BCUT2D eigenvalue weighted by Gasteiger charge is 2.11. The first-order valence-corrected chi connectivity index (χ1v) is 7.17. The van der Waals surface area contributed by atoms with Gasteiger partial charge < -0.3 is 5.32 Å². The van der Waals surface area contributed by atoms with E-state index in [-0.39, 0.29) is 10.6 Å². The fraction of sp³-hybridized carbons (Fsp3) is 0.294. The molecule has 0 amide bonds. The molecule has 0 aromatic heterocycles. The normalized spacial score (nSPS) is 10.4. The van der Waals surface area contributed by atoms with Crippen LogP contribution in [-0.4, -0.2) is 4.92 Å². The zero-order valence-electron chi connectivity index (χ0n) is 12.4. The molecule has 0 heterocycles. The standard InChI is InChI=1S/C17H20N2O2/c1-3-6-15-7-4-5-8-16(15)18-12-14-10-9-13(2)17(11-14)19(20)21/h4-5,7-11,18H,3,6,12H2,1-2H3. The number of benzene rings is 2. The van der Waals surface area contributed by atoms with Crippen LogP contribution in [0.25, 0.3) is 0 Å². The monoisotopic (exact) mass is 284 g/mol. The van der Waals surface area contributed by atoms with Gasteiger partial charge in [-0.2, -0.15) is 0 Å². The highest BCUT2D eigenvalue weighted by atomic mass is 16.6. The first-order chi connectivity index (χ1) is 10.1. The van der Waals surface area contributed by atoms with Gasteiger partial charge in [-0.25, -0.2) is 0 Å². The summed E-state index contributed by atoms with van der Waals surface area (Å²) in [4.78, 5) is 10.6. The number of rotatable bonds is 6. The Hall–Kier alpha value is -2.36. The fourth-order valence-electron chi connectivity index (χ4n) is 2.34. The van der Waals surface area contributed by atoms with Gasteiger partial charge in [-0.05, 0) is 30.5 Å². The number of aryl methyl sites for hydroxylation is 2. The van der Waals surface area contributed by atoms with Crippen LogP contribution in [0.4, 0.5) is 11.4 Å². The van der Waals surface area contributed by atoms with Crippen molar-refractivity contribution in [1.29, 1.82) is 0 Å². The molecule has 21 heavy (non-hydrogen) atoms. The van der Waals surface area contributed by atoms with Crippen LogP contribution in [0.2, 0.25) is 0 Å². The quantitative estimate of drug-likeness (QED) is 0.629. The van der Waals surface area contributed by atoms with E-state index in [1.54, 1.807) is 19.1 Å². The Balaban J connectivity index is 2.13. The van der Waals surface area contributed by atoms with E-state index in [9.17, 15) is 10.1 Å². The van der Waals surface area contributed by atoms with E-state index >= 15 is 0 Å². The number of nitro benzene ring substituents is 1. The lowest BCUT2D eigenvalue weighted by atomic mass is 10.1. The summed E-state index contributed by atoms with van der Waals surface area (Å²) in [5.74, 6) is 0. The van der Waals surface area contributed by atoms with Crippen molar-refractivity contribution in [1.82, 2.24) is 0 Å². The minimum atomic E-state index is -0.330.